The average molecular weight is 340 g/mol. The highest BCUT2D eigenvalue weighted by Crippen LogP contribution is 2.35. The van der Waals surface area contributed by atoms with Gasteiger partial charge in [0, 0.05) is 21.0 Å². The van der Waals surface area contributed by atoms with Crippen molar-refractivity contribution in [3.8, 4) is 0 Å². The van der Waals surface area contributed by atoms with Crippen molar-refractivity contribution in [3.63, 3.8) is 0 Å². The lowest BCUT2D eigenvalue weighted by Crippen LogP contribution is -2.59. The second kappa shape index (κ2) is 6.46. The van der Waals surface area contributed by atoms with E-state index in [1.807, 2.05) is 0 Å². The van der Waals surface area contributed by atoms with Crippen LogP contribution in [0, 0.1) is 0 Å². The van der Waals surface area contributed by atoms with Gasteiger partial charge in [-0.1, -0.05) is 0 Å². The van der Waals surface area contributed by atoms with E-state index in [9.17, 15) is 18.0 Å². The first-order chi connectivity index (χ1) is 10.2. The van der Waals surface area contributed by atoms with E-state index in [1.165, 1.54) is 14.0 Å². The topological polar surface area (TPSA) is 124 Å². The van der Waals surface area contributed by atoms with Crippen molar-refractivity contribution in [2.45, 2.75) is 44.6 Å². The Morgan fingerprint density at radius 2 is 1.73 bits per heavy atom. The third-order valence-corrected chi connectivity index (χ3v) is 3.95. The van der Waals surface area contributed by atoms with Crippen molar-refractivity contribution >= 4 is 22.3 Å². The fourth-order valence-corrected chi connectivity index (χ4v) is 3.28. The van der Waals surface area contributed by atoms with E-state index in [2.05, 4.69) is 0 Å². The maximum Gasteiger partial charge on any atom is 0.400 e. The van der Waals surface area contributed by atoms with Crippen LogP contribution >= 0.6 is 0 Å². The molecular weight excluding hydrogens is 324 g/mol. The van der Waals surface area contributed by atoms with Gasteiger partial charge in [-0.25, -0.2) is 8.37 Å². The van der Waals surface area contributed by atoms with E-state index >= 15 is 0 Å². The molecule has 0 bridgehead atoms. The Bertz CT molecular complexity index is 543. The highest BCUT2D eigenvalue weighted by atomic mass is 32.3. The number of carbonyl (C=O) groups excluding carboxylic acids is 2. The summed E-state index contributed by atoms with van der Waals surface area (Å²) in [5, 5.41) is 0. The zero-order chi connectivity index (χ0) is 16.5. The molecule has 5 atom stereocenters. The normalized spacial score (nSPS) is 36.4. The van der Waals surface area contributed by atoms with Crippen LogP contribution in [-0.4, -0.2) is 64.8 Å². The summed E-state index contributed by atoms with van der Waals surface area (Å²) in [7, 11) is -2.98. The van der Waals surface area contributed by atoms with E-state index in [4.69, 9.17) is 27.3 Å². The molecule has 0 spiro atoms. The smallest absolute Gasteiger partial charge is 0.400 e. The van der Waals surface area contributed by atoms with E-state index in [0.29, 0.717) is 0 Å². The van der Waals surface area contributed by atoms with Gasteiger partial charge < -0.3 is 18.9 Å². The Hall–Kier alpha value is -1.27. The van der Waals surface area contributed by atoms with Crippen molar-refractivity contribution in [3.05, 3.63) is 0 Å². The van der Waals surface area contributed by atoms with Gasteiger partial charge in [-0.2, -0.15) is 8.42 Å². The van der Waals surface area contributed by atoms with Crippen molar-refractivity contribution in [1.29, 1.82) is 0 Å². The van der Waals surface area contributed by atoms with E-state index in [-0.39, 0.29) is 6.61 Å². The van der Waals surface area contributed by atoms with E-state index in [0.717, 1.165) is 6.92 Å². The molecule has 2 rings (SSSR count). The molecule has 0 aromatic heterocycles. The summed E-state index contributed by atoms with van der Waals surface area (Å²) in [5.41, 5.74) is 0. The minimum Gasteiger partial charge on any atom is -0.463 e. The molecule has 0 unspecified atom stereocenters. The highest BCUT2D eigenvalue weighted by molar-refractivity contribution is 7.82. The van der Waals surface area contributed by atoms with Crippen LogP contribution in [0.15, 0.2) is 0 Å². The van der Waals surface area contributed by atoms with Gasteiger partial charge in [-0.3, -0.25) is 9.59 Å². The molecule has 0 saturated carbocycles. The summed E-state index contributed by atoms with van der Waals surface area (Å²) in [6.45, 7) is 2.08. The van der Waals surface area contributed by atoms with Gasteiger partial charge in [0.25, 0.3) is 0 Å². The Labute approximate surface area is 126 Å². The van der Waals surface area contributed by atoms with Gasteiger partial charge in [0.2, 0.25) is 0 Å². The molecule has 11 heteroatoms. The zero-order valence-electron chi connectivity index (χ0n) is 12.1. The lowest BCUT2D eigenvalue weighted by Gasteiger charge is -2.39. The third-order valence-electron chi connectivity index (χ3n) is 3.03. The van der Waals surface area contributed by atoms with Crippen LogP contribution in [0.1, 0.15) is 13.8 Å². The minimum atomic E-state index is -4.27. The van der Waals surface area contributed by atoms with Gasteiger partial charge in [-0.15, -0.1) is 0 Å². The quantitative estimate of drug-likeness (QED) is 0.581. The van der Waals surface area contributed by atoms with Crippen LogP contribution in [0.5, 0.6) is 0 Å². The molecule has 2 heterocycles. The first kappa shape index (κ1) is 17.1. The predicted octanol–water partition coefficient (Wildman–Crippen LogP) is -1.12. The van der Waals surface area contributed by atoms with Crippen LogP contribution in [-0.2, 0) is 47.3 Å². The molecule has 2 saturated heterocycles. The van der Waals surface area contributed by atoms with Gasteiger partial charge in [0.1, 0.15) is 18.8 Å². The Kier molecular flexibility index (Phi) is 5.02. The lowest BCUT2D eigenvalue weighted by molar-refractivity contribution is -0.279. The first-order valence-corrected chi connectivity index (χ1v) is 7.67. The fourth-order valence-electron chi connectivity index (χ4n) is 2.24. The molecule has 10 nitrogen and oxygen atoms in total. The van der Waals surface area contributed by atoms with Crippen molar-refractivity contribution in [2.24, 2.45) is 0 Å². The second-order valence-corrected chi connectivity index (χ2v) is 5.89. The first-order valence-electron chi connectivity index (χ1n) is 6.34. The number of hydrogen-bond donors (Lipinski definition) is 0. The molecule has 126 valence electrons. The summed E-state index contributed by atoms with van der Waals surface area (Å²) in [5.74, 6) is -1.24. The Morgan fingerprint density at radius 1 is 1.09 bits per heavy atom. The van der Waals surface area contributed by atoms with Crippen LogP contribution in [0.2, 0.25) is 0 Å². The molecule has 2 aliphatic heterocycles. The number of methoxy groups -OCH3 is 1. The van der Waals surface area contributed by atoms with Gasteiger partial charge >= 0.3 is 22.3 Å². The third kappa shape index (κ3) is 3.73. The van der Waals surface area contributed by atoms with Gasteiger partial charge in [-0.05, 0) is 0 Å². The number of fused-ring (bicyclic) bond motifs is 1. The van der Waals surface area contributed by atoms with Gasteiger partial charge in [0.15, 0.2) is 18.5 Å². The molecule has 0 aromatic rings. The highest BCUT2D eigenvalue weighted by Gasteiger charge is 2.57. The van der Waals surface area contributed by atoms with Crippen LogP contribution in [0.4, 0.5) is 0 Å². The minimum absolute atomic E-state index is 0.262. The lowest BCUT2D eigenvalue weighted by atomic mass is 9.99. The summed E-state index contributed by atoms with van der Waals surface area (Å²) < 4.78 is 53.0. The zero-order valence-corrected chi connectivity index (χ0v) is 12.9. The molecule has 0 N–H and O–H groups in total. The molecule has 2 aliphatic rings. The number of carbonyl (C=O) groups is 2. The summed E-state index contributed by atoms with van der Waals surface area (Å²) in [6, 6.07) is 0. The number of hydrogen-bond acceptors (Lipinski definition) is 10. The number of ether oxygens (including phenoxy) is 4. The molecule has 0 aromatic carbocycles. The molecular formula is C11H16O10S. The fraction of sp³-hybridized carbons (Fsp3) is 0.818. The summed E-state index contributed by atoms with van der Waals surface area (Å²) >= 11 is 0. The summed E-state index contributed by atoms with van der Waals surface area (Å²) in [4.78, 5) is 22.1. The van der Waals surface area contributed by atoms with Gasteiger partial charge in [0.05, 0.1) is 0 Å². The molecule has 0 amide bonds. The SMILES string of the molecule is CO[C@@H]1O[C@H](COC(C)=O)[C@@H]2OS(=O)(=O)O[C@@H]2[C@H]1OC(C)=O. The van der Waals surface area contributed by atoms with E-state index < -0.39 is 53.0 Å². The molecule has 2 fully saturated rings. The predicted molar refractivity (Wildman–Crippen MR) is 66.5 cm³/mol. The van der Waals surface area contributed by atoms with Crippen LogP contribution < -0.4 is 0 Å². The van der Waals surface area contributed by atoms with Crippen LogP contribution in [0.3, 0.4) is 0 Å². The van der Waals surface area contributed by atoms with Crippen molar-refractivity contribution < 1.29 is 45.3 Å². The second-order valence-electron chi connectivity index (χ2n) is 4.69. The average Bonchev–Trinajstić information content (AvgIpc) is 2.72. The number of rotatable bonds is 4. The monoisotopic (exact) mass is 340 g/mol. The maximum absolute atomic E-state index is 11.5. The Morgan fingerprint density at radius 3 is 2.27 bits per heavy atom. The largest absolute Gasteiger partial charge is 0.463 e. The molecule has 22 heavy (non-hydrogen) atoms. The molecule has 0 radical (unpaired) electrons. The maximum atomic E-state index is 11.5. The molecule has 0 aliphatic carbocycles. The Balaban J connectivity index is 2.24. The van der Waals surface area contributed by atoms with Crippen molar-refractivity contribution in [2.75, 3.05) is 13.7 Å². The standard InChI is InChI=1S/C11H16O10S/c1-5(12)17-4-7-8-9(21-22(14,15)20-8)10(18-6(2)13)11(16-3)19-7/h7-11H,4H2,1-3H3/t7-,8+,9+,10-,11-/m1/s1. The van der Waals surface area contributed by atoms with E-state index in [1.54, 1.807) is 0 Å². The number of esters is 2. The van der Waals surface area contributed by atoms with Crippen molar-refractivity contribution in [1.82, 2.24) is 0 Å². The summed E-state index contributed by atoms with van der Waals surface area (Å²) in [6.07, 6.45) is -5.47. The van der Waals surface area contributed by atoms with Crippen LogP contribution in [0.25, 0.3) is 0 Å².